The number of nitrogens with two attached hydrogens (primary N) is 2. The lowest BCUT2D eigenvalue weighted by Crippen LogP contribution is -2.43. The fourth-order valence-electron chi connectivity index (χ4n) is 2.34. The standard InChI is InChI=1S/C16H14ClN3S/c17-12-7-5-11(6-8-12)9-20-10-15(21-16(18)19)13-3-1-2-4-14(13)20/h1-8,10H,9H2,(H3,18,19)/p+1. The highest BCUT2D eigenvalue weighted by atomic mass is 35.5. The molecule has 3 nitrogen and oxygen atoms in total. The number of amidine groups is 1. The molecule has 2 aromatic carbocycles. The first kappa shape index (κ1) is 14.0. The normalized spacial score (nSPS) is 10.9. The summed E-state index contributed by atoms with van der Waals surface area (Å²) in [6.07, 6.45) is 2.09. The molecule has 0 fully saturated rings. The molecule has 3 rings (SSSR count). The molecule has 0 radical (unpaired) electrons. The Hall–Kier alpha value is -1.91. The van der Waals surface area contributed by atoms with Crippen molar-refractivity contribution in [3.63, 3.8) is 0 Å². The summed E-state index contributed by atoms with van der Waals surface area (Å²) in [5.41, 5.74) is 7.99. The molecule has 3 aromatic rings. The van der Waals surface area contributed by atoms with Crippen LogP contribution in [-0.2, 0) is 6.54 Å². The first-order valence-corrected chi connectivity index (χ1v) is 7.71. The smallest absolute Gasteiger partial charge is 0.304 e. The molecule has 0 unspecified atom stereocenters. The molecular weight excluding hydrogens is 302 g/mol. The highest BCUT2D eigenvalue weighted by molar-refractivity contribution is 8.13. The van der Waals surface area contributed by atoms with Crippen molar-refractivity contribution in [3.8, 4) is 0 Å². The van der Waals surface area contributed by atoms with E-state index in [1.807, 2.05) is 36.4 Å². The van der Waals surface area contributed by atoms with Crippen LogP contribution in [0.3, 0.4) is 0 Å². The Balaban J connectivity index is 2.01. The fourth-order valence-corrected chi connectivity index (χ4v) is 3.18. The summed E-state index contributed by atoms with van der Waals surface area (Å²) in [5.74, 6) is 0. The van der Waals surface area contributed by atoms with Gasteiger partial charge in [0.15, 0.2) is 0 Å². The molecule has 0 aliphatic rings. The van der Waals surface area contributed by atoms with Gasteiger partial charge in [0.25, 0.3) is 0 Å². The summed E-state index contributed by atoms with van der Waals surface area (Å²) < 4.78 is 2.20. The summed E-state index contributed by atoms with van der Waals surface area (Å²) in [7, 11) is 0. The summed E-state index contributed by atoms with van der Waals surface area (Å²) in [6, 6.07) is 16.1. The molecule has 106 valence electrons. The fraction of sp³-hybridized carbons (Fsp3) is 0.0625. The van der Waals surface area contributed by atoms with Crippen molar-refractivity contribution in [1.29, 1.82) is 0 Å². The molecule has 0 amide bonds. The van der Waals surface area contributed by atoms with E-state index in [0.717, 1.165) is 27.4 Å². The number of fused-ring (bicyclic) bond motifs is 1. The van der Waals surface area contributed by atoms with Crippen LogP contribution in [0, 0.1) is 0 Å². The van der Waals surface area contributed by atoms with Crippen LogP contribution in [-0.4, -0.2) is 9.73 Å². The number of aromatic nitrogens is 1. The molecule has 0 aliphatic heterocycles. The Labute approximate surface area is 132 Å². The predicted octanol–water partition coefficient (Wildman–Crippen LogP) is 2.51. The SMILES string of the molecule is NC(=[NH2+])Sc1cn(Cc2ccc(Cl)cc2)c2ccccc12. The van der Waals surface area contributed by atoms with Gasteiger partial charge in [0.2, 0.25) is 0 Å². The van der Waals surface area contributed by atoms with Crippen molar-refractivity contribution in [2.45, 2.75) is 11.4 Å². The van der Waals surface area contributed by atoms with Crippen LogP contribution in [0.2, 0.25) is 5.02 Å². The average molecular weight is 317 g/mol. The second kappa shape index (κ2) is 5.84. The number of para-hydroxylation sites is 1. The zero-order valence-electron chi connectivity index (χ0n) is 11.3. The van der Waals surface area contributed by atoms with E-state index < -0.39 is 0 Å². The Kier molecular flexibility index (Phi) is 3.90. The lowest BCUT2D eigenvalue weighted by molar-refractivity contribution is -0.110. The van der Waals surface area contributed by atoms with Gasteiger partial charge in [-0.3, -0.25) is 11.1 Å². The minimum Gasteiger partial charge on any atom is -0.342 e. The molecule has 4 N–H and O–H groups in total. The van der Waals surface area contributed by atoms with Gasteiger partial charge in [-0.05, 0) is 35.5 Å². The number of rotatable bonds is 3. The quantitative estimate of drug-likeness (QED) is 0.443. The summed E-state index contributed by atoms with van der Waals surface area (Å²) in [5, 5.41) is 7.88. The van der Waals surface area contributed by atoms with Crippen LogP contribution in [0.4, 0.5) is 0 Å². The molecular formula is C16H15ClN3S+. The molecule has 0 spiro atoms. The first-order valence-electron chi connectivity index (χ1n) is 6.51. The Morgan fingerprint density at radius 2 is 1.86 bits per heavy atom. The molecule has 0 saturated heterocycles. The van der Waals surface area contributed by atoms with Gasteiger partial charge in [0, 0.05) is 33.6 Å². The number of benzene rings is 2. The lowest BCUT2D eigenvalue weighted by Gasteiger charge is -2.05. The third kappa shape index (κ3) is 3.06. The second-order valence-corrected chi connectivity index (χ2v) is 6.32. The number of halogens is 1. The van der Waals surface area contributed by atoms with Crippen molar-refractivity contribution >= 4 is 39.4 Å². The largest absolute Gasteiger partial charge is 0.342 e. The highest BCUT2D eigenvalue weighted by Crippen LogP contribution is 2.29. The van der Waals surface area contributed by atoms with Crippen molar-refractivity contribution in [3.05, 3.63) is 65.3 Å². The van der Waals surface area contributed by atoms with Gasteiger partial charge in [0.05, 0.1) is 0 Å². The van der Waals surface area contributed by atoms with Crippen molar-refractivity contribution in [2.24, 2.45) is 5.73 Å². The predicted molar refractivity (Wildman–Crippen MR) is 89.5 cm³/mol. The second-order valence-electron chi connectivity index (χ2n) is 4.77. The zero-order valence-corrected chi connectivity index (χ0v) is 12.9. The number of thioether (sulfide) groups is 1. The number of nitrogens with zero attached hydrogens (tertiary/aromatic N) is 1. The molecule has 21 heavy (non-hydrogen) atoms. The molecule has 5 heteroatoms. The van der Waals surface area contributed by atoms with E-state index in [0.29, 0.717) is 5.17 Å². The van der Waals surface area contributed by atoms with Crippen LogP contribution in [0.5, 0.6) is 0 Å². The van der Waals surface area contributed by atoms with E-state index in [9.17, 15) is 0 Å². The van der Waals surface area contributed by atoms with Gasteiger partial charge in [-0.2, -0.15) is 0 Å². The van der Waals surface area contributed by atoms with E-state index >= 15 is 0 Å². The molecule has 0 aliphatic carbocycles. The molecule has 1 heterocycles. The number of hydrogen-bond acceptors (Lipinski definition) is 1. The molecule has 0 saturated carbocycles. The van der Waals surface area contributed by atoms with E-state index in [2.05, 4.69) is 22.9 Å². The maximum atomic E-state index is 5.93. The monoisotopic (exact) mass is 316 g/mol. The van der Waals surface area contributed by atoms with Crippen molar-refractivity contribution < 1.29 is 5.41 Å². The maximum Gasteiger partial charge on any atom is 0.304 e. The van der Waals surface area contributed by atoms with Gasteiger partial charge in [-0.15, -0.1) is 0 Å². The Bertz CT molecular complexity index is 793. The maximum absolute atomic E-state index is 5.93. The molecule has 0 atom stereocenters. The molecule has 1 aromatic heterocycles. The topological polar surface area (TPSA) is 56.5 Å². The van der Waals surface area contributed by atoms with Gasteiger partial charge < -0.3 is 4.57 Å². The van der Waals surface area contributed by atoms with Crippen LogP contribution in [0.25, 0.3) is 10.9 Å². The van der Waals surface area contributed by atoms with Crippen LogP contribution >= 0.6 is 23.4 Å². The minimum absolute atomic E-state index is 0.351. The van der Waals surface area contributed by atoms with Crippen molar-refractivity contribution in [1.82, 2.24) is 4.57 Å². The molecule has 0 bridgehead atoms. The van der Waals surface area contributed by atoms with Gasteiger partial charge in [-0.1, -0.05) is 41.9 Å². The lowest BCUT2D eigenvalue weighted by atomic mass is 10.2. The summed E-state index contributed by atoms with van der Waals surface area (Å²) >= 11 is 7.32. The van der Waals surface area contributed by atoms with Gasteiger partial charge in [0.1, 0.15) is 0 Å². The van der Waals surface area contributed by atoms with Crippen molar-refractivity contribution in [2.75, 3.05) is 0 Å². The zero-order chi connectivity index (χ0) is 14.8. The number of hydrogen-bond donors (Lipinski definition) is 2. The van der Waals surface area contributed by atoms with Crippen LogP contribution in [0.15, 0.2) is 59.6 Å². The Morgan fingerprint density at radius 1 is 1.14 bits per heavy atom. The van der Waals surface area contributed by atoms with E-state index in [4.69, 9.17) is 22.7 Å². The Morgan fingerprint density at radius 3 is 2.57 bits per heavy atom. The van der Waals surface area contributed by atoms with Crippen LogP contribution < -0.4 is 11.1 Å². The van der Waals surface area contributed by atoms with Crippen LogP contribution in [0.1, 0.15) is 5.56 Å². The van der Waals surface area contributed by atoms with Gasteiger partial charge >= 0.3 is 5.17 Å². The third-order valence-corrected chi connectivity index (χ3v) is 4.28. The van der Waals surface area contributed by atoms with E-state index in [1.165, 1.54) is 17.3 Å². The first-order chi connectivity index (χ1) is 10.1. The summed E-state index contributed by atoms with van der Waals surface area (Å²) in [6.45, 7) is 0.780. The van der Waals surface area contributed by atoms with E-state index in [1.54, 1.807) is 0 Å². The van der Waals surface area contributed by atoms with Gasteiger partial charge in [-0.25, -0.2) is 0 Å². The highest BCUT2D eigenvalue weighted by Gasteiger charge is 2.11. The van der Waals surface area contributed by atoms with E-state index in [-0.39, 0.29) is 0 Å². The third-order valence-electron chi connectivity index (χ3n) is 3.25. The minimum atomic E-state index is 0.351. The average Bonchev–Trinajstić information content (AvgIpc) is 2.79. The summed E-state index contributed by atoms with van der Waals surface area (Å²) in [4.78, 5) is 1.07.